The Hall–Kier alpha value is -2.81. The van der Waals surface area contributed by atoms with E-state index >= 15 is 0 Å². The molecule has 0 saturated heterocycles. The molecule has 0 radical (unpaired) electrons. The van der Waals surface area contributed by atoms with E-state index < -0.39 is 11.8 Å². The van der Waals surface area contributed by atoms with Crippen LogP contribution in [0.3, 0.4) is 0 Å². The van der Waals surface area contributed by atoms with E-state index in [-0.39, 0.29) is 17.1 Å². The van der Waals surface area contributed by atoms with E-state index in [1.807, 2.05) is 0 Å². The zero-order valence-electron chi connectivity index (χ0n) is 9.92. The van der Waals surface area contributed by atoms with Crippen LogP contribution in [0.2, 0.25) is 0 Å². The molecule has 0 unspecified atom stereocenters. The normalized spacial score (nSPS) is 9.74. The molecular formula is C13H8FN3O2. The van der Waals surface area contributed by atoms with Gasteiger partial charge in [-0.05, 0) is 24.6 Å². The molecule has 2 rings (SSSR count). The van der Waals surface area contributed by atoms with E-state index in [0.29, 0.717) is 0 Å². The van der Waals surface area contributed by atoms with Crippen LogP contribution in [-0.4, -0.2) is 15.9 Å². The zero-order chi connectivity index (χ0) is 13.8. The van der Waals surface area contributed by atoms with Crippen LogP contribution >= 0.6 is 0 Å². The van der Waals surface area contributed by atoms with E-state index in [2.05, 4.69) is 9.97 Å². The van der Waals surface area contributed by atoms with E-state index in [9.17, 15) is 9.18 Å². The second kappa shape index (κ2) is 5.23. The number of hydrogen-bond acceptors (Lipinski definition) is 5. The number of nitrogens with zero attached hydrogens (tertiary/aromatic N) is 3. The number of aromatic nitrogens is 2. The lowest BCUT2D eigenvalue weighted by atomic mass is 10.2. The first-order chi connectivity index (χ1) is 9.10. The molecule has 19 heavy (non-hydrogen) atoms. The zero-order valence-corrected chi connectivity index (χ0v) is 9.92. The summed E-state index contributed by atoms with van der Waals surface area (Å²) in [5.41, 5.74) is 0.687. The molecule has 1 heterocycles. The summed E-state index contributed by atoms with van der Waals surface area (Å²) < 4.78 is 18.2. The molecular weight excluding hydrogens is 249 g/mol. The van der Waals surface area contributed by atoms with Crippen molar-refractivity contribution in [3.63, 3.8) is 0 Å². The number of esters is 1. The molecule has 0 spiro atoms. The quantitative estimate of drug-likeness (QED) is 0.607. The van der Waals surface area contributed by atoms with Gasteiger partial charge in [-0.3, -0.25) is 0 Å². The Bertz CT molecular complexity index is 663. The van der Waals surface area contributed by atoms with Crippen molar-refractivity contribution in [1.82, 2.24) is 9.97 Å². The first-order valence-corrected chi connectivity index (χ1v) is 5.30. The molecule has 0 bridgehead atoms. The third-order valence-electron chi connectivity index (χ3n) is 2.24. The summed E-state index contributed by atoms with van der Waals surface area (Å²) in [5.74, 6) is -1.66. The van der Waals surface area contributed by atoms with E-state index in [4.69, 9.17) is 10.00 Å². The van der Waals surface area contributed by atoms with Crippen LogP contribution < -0.4 is 4.74 Å². The molecule has 0 fully saturated rings. The van der Waals surface area contributed by atoms with Gasteiger partial charge in [-0.2, -0.15) is 5.26 Å². The number of nitriles is 1. The average molecular weight is 257 g/mol. The van der Waals surface area contributed by atoms with Crippen LogP contribution in [0.1, 0.15) is 21.7 Å². The number of benzene rings is 1. The van der Waals surface area contributed by atoms with Gasteiger partial charge in [0.25, 0.3) is 0 Å². The molecule has 1 aromatic carbocycles. The minimum Gasteiger partial charge on any atom is -0.421 e. The highest BCUT2D eigenvalue weighted by Crippen LogP contribution is 2.16. The Kier molecular flexibility index (Phi) is 3.48. The minimum absolute atomic E-state index is 0.00863. The van der Waals surface area contributed by atoms with Crippen molar-refractivity contribution in [3.8, 4) is 11.8 Å². The third-order valence-corrected chi connectivity index (χ3v) is 2.24. The van der Waals surface area contributed by atoms with E-state index in [0.717, 1.165) is 11.6 Å². The van der Waals surface area contributed by atoms with Crippen molar-refractivity contribution in [3.05, 3.63) is 53.4 Å². The molecule has 0 aliphatic rings. The van der Waals surface area contributed by atoms with E-state index in [1.54, 1.807) is 13.0 Å². The number of rotatable bonds is 2. The lowest BCUT2D eigenvalue weighted by molar-refractivity contribution is 0.0721. The number of carbonyl (C=O) groups is 1. The second-order valence-electron chi connectivity index (χ2n) is 3.73. The Labute approximate surface area is 108 Å². The Morgan fingerprint density at radius 2 is 2.05 bits per heavy atom. The molecule has 1 aromatic heterocycles. The third kappa shape index (κ3) is 2.90. The summed E-state index contributed by atoms with van der Waals surface area (Å²) in [6, 6.07) is 5.19. The van der Waals surface area contributed by atoms with Crippen molar-refractivity contribution in [2.24, 2.45) is 0 Å². The Balaban J connectivity index is 2.17. The molecule has 2 aromatic rings. The first kappa shape index (κ1) is 12.6. The second-order valence-corrected chi connectivity index (χ2v) is 3.73. The molecule has 0 N–H and O–H groups in total. The highest BCUT2D eigenvalue weighted by Gasteiger charge is 2.13. The van der Waals surface area contributed by atoms with Crippen LogP contribution in [-0.2, 0) is 0 Å². The van der Waals surface area contributed by atoms with Gasteiger partial charge in [0, 0.05) is 18.5 Å². The summed E-state index contributed by atoms with van der Waals surface area (Å²) >= 11 is 0. The number of carbonyl (C=O) groups excluding carboxylic acids is 1. The first-order valence-electron chi connectivity index (χ1n) is 5.30. The Morgan fingerprint density at radius 1 is 1.37 bits per heavy atom. The number of halogens is 1. The molecule has 0 atom stereocenters. The maximum atomic E-state index is 13.3. The van der Waals surface area contributed by atoms with Crippen LogP contribution in [0.15, 0.2) is 30.6 Å². The molecule has 5 nitrogen and oxygen atoms in total. The highest BCUT2D eigenvalue weighted by molar-refractivity contribution is 5.86. The summed E-state index contributed by atoms with van der Waals surface area (Å²) in [5, 5.41) is 8.58. The van der Waals surface area contributed by atoms with Crippen molar-refractivity contribution < 1.29 is 13.9 Å². The van der Waals surface area contributed by atoms with Crippen molar-refractivity contribution in [2.45, 2.75) is 6.92 Å². The lowest BCUT2D eigenvalue weighted by Gasteiger charge is -2.03. The molecule has 94 valence electrons. The minimum atomic E-state index is -0.788. The predicted molar refractivity (Wildman–Crippen MR) is 62.8 cm³/mol. The van der Waals surface area contributed by atoms with Crippen molar-refractivity contribution in [1.29, 1.82) is 5.26 Å². The summed E-state index contributed by atoms with van der Waals surface area (Å²) in [6.07, 6.45) is 2.95. The van der Waals surface area contributed by atoms with E-state index in [1.165, 1.54) is 24.5 Å². The molecule has 0 saturated carbocycles. The van der Waals surface area contributed by atoms with Crippen LogP contribution in [0.5, 0.6) is 5.75 Å². The molecule has 6 heteroatoms. The van der Waals surface area contributed by atoms with Crippen LogP contribution in [0.25, 0.3) is 0 Å². The van der Waals surface area contributed by atoms with Crippen molar-refractivity contribution in [2.75, 3.05) is 0 Å². The monoisotopic (exact) mass is 257 g/mol. The van der Waals surface area contributed by atoms with Gasteiger partial charge in [-0.15, -0.1) is 0 Å². The van der Waals surface area contributed by atoms with Gasteiger partial charge in [-0.25, -0.2) is 19.2 Å². The SMILES string of the molecule is Cc1cnc(C(=O)Oc2ccc(C#N)c(F)c2)nc1. The van der Waals surface area contributed by atoms with Gasteiger partial charge in [0.15, 0.2) is 0 Å². The van der Waals surface area contributed by atoms with Crippen LogP contribution in [0.4, 0.5) is 4.39 Å². The lowest BCUT2D eigenvalue weighted by Crippen LogP contribution is -2.12. The van der Waals surface area contributed by atoms with Crippen LogP contribution in [0, 0.1) is 24.1 Å². The fourth-order valence-electron chi connectivity index (χ4n) is 1.30. The fourth-order valence-corrected chi connectivity index (χ4v) is 1.30. The smallest absolute Gasteiger partial charge is 0.381 e. The fraction of sp³-hybridized carbons (Fsp3) is 0.0769. The number of ether oxygens (including phenoxy) is 1. The topological polar surface area (TPSA) is 75.9 Å². The number of hydrogen-bond donors (Lipinski definition) is 0. The van der Waals surface area contributed by atoms with Crippen molar-refractivity contribution >= 4 is 5.97 Å². The molecule has 0 amide bonds. The van der Waals surface area contributed by atoms with Gasteiger partial charge < -0.3 is 4.74 Å². The Morgan fingerprint density at radius 3 is 2.63 bits per heavy atom. The average Bonchev–Trinajstić information content (AvgIpc) is 2.39. The maximum Gasteiger partial charge on any atom is 0.381 e. The maximum absolute atomic E-state index is 13.3. The predicted octanol–water partition coefficient (Wildman–Crippen LogP) is 2.01. The van der Waals surface area contributed by atoms with Gasteiger partial charge in [0.2, 0.25) is 5.82 Å². The number of aryl methyl sites for hydroxylation is 1. The summed E-state index contributed by atoms with van der Waals surface area (Å²) in [6.45, 7) is 1.78. The largest absolute Gasteiger partial charge is 0.421 e. The summed E-state index contributed by atoms with van der Waals surface area (Å²) in [4.78, 5) is 19.3. The van der Waals surface area contributed by atoms with Gasteiger partial charge >= 0.3 is 5.97 Å². The summed E-state index contributed by atoms with van der Waals surface area (Å²) in [7, 11) is 0. The van der Waals surface area contributed by atoms with Gasteiger partial charge in [-0.1, -0.05) is 0 Å². The molecule has 0 aliphatic heterocycles. The van der Waals surface area contributed by atoms with Gasteiger partial charge in [0.05, 0.1) is 5.56 Å². The van der Waals surface area contributed by atoms with Gasteiger partial charge in [0.1, 0.15) is 17.6 Å². The standard InChI is InChI=1S/C13H8FN3O2/c1-8-6-16-12(17-7-8)13(18)19-10-3-2-9(5-15)11(14)4-10/h2-4,6-7H,1H3. The molecule has 0 aliphatic carbocycles. The highest BCUT2D eigenvalue weighted by atomic mass is 19.1.